The Hall–Kier alpha value is -5.64. The molecular formula is C36H22N4O. The summed E-state index contributed by atoms with van der Waals surface area (Å²) in [5.74, 6) is 0.961. The molecule has 5 nitrogen and oxygen atoms in total. The van der Waals surface area contributed by atoms with Crippen LogP contribution < -0.4 is 0 Å². The molecule has 0 unspecified atom stereocenters. The third kappa shape index (κ3) is 3.18. The maximum absolute atomic E-state index is 6.43. The maximum atomic E-state index is 6.43. The fourth-order valence-electron chi connectivity index (χ4n) is 6.36. The molecule has 192 valence electrons. The number of hydrogen-bond acceptors (Lipinski definition) is 3. The topological polar surface area (TPSA) is 48.8 Å². The first-order chi connectivity index (χ1) is 20.3. The fraction of sp³-hybridized carbons (Fsp3) is 0.0278. The predicted octanol–water partition coefficient (Wildman–Crippen LogP) is 8.58. The number of fused-ring (bicyclic) bond motifs is 9. The summed E-state index contributed by atoms with van der Waals surface area (Å²) in [4.78, 5) is 9.45. The van der Waals surface area contributed by atoms with Gasteiger partial charge in [0.2, 0.25) is 0 Å². The van der Waals surface area contributed by atoms with E-state index in [0.29, 0.717) is 6.42 Å². The first-order valence-corrected chi connectivity index (χ1v) is 13.7. The zero-order valence-corrected chi connectivity index (χ0v) is 22.0. The highest BCUT2D eigenvalue weighted by Crippen LogP contribution is 2.38. The Morgan fingerprint density at radius 1 is 0.756 bits per heavy atom. The minimum absolute atomic E-state index is 0.716. The molecule has 0 spiro atoms. The van der Waals surface area contributed by atoms with Gasteiger partial charge in [-0.2, -0.15) is 0 Å². The van der Waals surface area contributed by atoms with Gasteiger partial charge in [0.15, 0.2) is 0 Å². The molecule has 0 fully saturated rings. The lowest BCUT2D eigenvalue weighted by atomic mass is 10.1. The third-order valence-electron chi connectivity index (χ3n) is 8.09. The molecule has 41 heavy (non-hydrogen) atoms. The number of para-hydroxylation sites is 1. The maximum Gasteiger partial charge on any atom is 0.135 e. The molecule has 9 rings (SSSR count). The average Bonchev–Trinajstić information content (AvgIpc) is 3.48. The summed E-state index contributed by atoms with van der Waals surface area (Å²) in [5.41, 5.74) is 14.8. The van der Waals surface area contributed by atoms with E-state index >= 15 is 0 Å². The first kappa shape index (κ1) is 22.2. The summed E-state index contributed by atoms with van der Waals surface area (Å²) in [6.07, 6.45) is 19.2. The van der Waals surface area contributed by atoms with Crippen molar-refractivity contribution in [3.8, 4) is 5.69 Å². The van der Waals surface area contributed by atoms with Crippen LogP contribution in [0.5, 0.6) is 0 Å². The lowest BCUT2D eigenvalue weighted by Gasteiger charge is -2.10. The first-order valence-electron chi connectivity index (χ1n) is 13.7. The molecule has 0 amide bonds. The Balaban J connectivity index is 1.30. The van der Waals surface area contributed by atoms with Crippen molar-refractivity contribution in [1.82, 2.24) is 19.1 Å². The van der Waals surface area contributed by atoms with E-state index in [4.69, 9.17) is 14.4 Å². The molecule has 5 heteroatoms. The molecule has 2 aromatic carbocycles. The zero-order valence-electron chi connectivity index (χ0n) is 22.0. The number of hydrogen-bond donors (Lipinski definition) is 0. The van der Waals surface area contributed by atoms with Gasteiger partial charge >= 0.3 is 0 Å². The molecule has 0 saturated heterocycles. The quantitative estimate of drug-likeness (QED) is 0.212. The number of nitrogens with zero attached hydrogens (tertiary/aromatic N) is 4. The highest BCUT2D eigenvalue weighted by molar-refractivity contribution is 6.07. The molecular weight excluding hydrogens is 504 g/mol. The van der Waals surface area contributed by atoms with Crippen molar-refractivity contribution in [2.45, 2.75) is 6.42 Å². The smallest absolute Gasteiger partial charge is 0.135 e. The van der Waals surface area contributed by atoms with Gasteiger partial charge in [-0.25, -0.2) is 0 Å². The largest absolute Gasteiger partial charge is 0.460 e. The predicted molar refractivity (Wildman–Crippen MR) is 167 cm³/mol. The Bertz CT molecular complexity index is 2330. The monoisotopic (exact) mass is 526 g/mol. The molecule has 0 atom stereocenters. The number of aromatic nitrogens is 4. The van der Waals surface area contributed by atoms with Crippen LogP contribution in [0.2, 0.25) is 0 Å². The van der Waals surface area contributed by atoms with Crippen molar-refractivity contribution in [1.29, 1.82) is 0 Å². The van der Waals surface area contributed by atoms with E-state index in [1.54, 1.807) is 0 Å². The van der Waals surface area contributed by atoms with Gasteiger partial charge in [0.05, 0.1) is 33.3 Å². The van der Waals surface area contributed by atoms with E-state index in [2.05, 4.69) is 93.8 Å². The Labute approximate surface area is 235 Å². The average molecular weight is 527 g/mol. The molecule has 0 N–H and O–H groups in total. The molecule has 2 aliphatic carbocycles. The van der Waals surface area contributed by atoms with E-state index in [9.17, 15) is 0 Å². The molecule has 5 aromatic heterocycles. The van der Waals surface area contributed by atoms with Crippen molar-refractivity contribution in [2.24, 2.45) is 0 Å². The second-order valence-corrected chi connectivity index (χ2v) is 10.4. The van der Waals surface area contributed by atoms with Crippen molar-refractivity contribution < 1.29 is 4.42 Å². The van der Waals surface area contributed by atoms with Crippen LogP contribution in [0.4, 0.5) is 0 Å². The van der Waals surface area contributed by atoms with Gasteiger partial charge in [-0.1, -0.05) is 30.4 Å². The van der Waals surface area contributed by atoms with Crippen LogP contribution in [0, 0.1) is 0 Å². The molecule has 2 aliphatic rings. The van der Waals surface area contributed by atoms with Crippen molar-refractivity contribution in [3.05, 3.63) is 132 Å². The van der Waals surface area contributed by atoms with Crippen LogP contribution in [0.15, 0.2) is 114 Å². The highest BCUT2D eigenvalue weighted by Gasteiger charge is 2.21. The lowest BCUT2D eigenvalue weighted by Crippen LogP contribution is -1.97. The Morgan fingerprint density at radius 2 is 1.59 bits per heavy atom. The van der Waals surface area contributed by atoms with Gasteiger partial charge in [0.1, 0.15) is 11.3 Å². The Morgan fingerprint density at radius 3 is 2.51 bits per heavy atom. The van der Waals surface area contributed by atoms with Crippen LogP contribution >= 0.6 is 0 Å². The summed E-state index contributed by atoms with van der Waals surface area (Å²) < 4.78 is 11.0. The fourth-order valence-corrected chi connectivity index (χ4v) is 6.36. The van der Waals surface area contributed by atoms with Gasteiger partial charge in [-0.3, -0.25) is 9.97 Å². The van der Waals surface area contributed by atoms with E-state index in [1.165, 1.54) is 0 Å². The minimum Gasteiger partial charge on any atom is -0.460 e. The number of pyridine rings is 2. The van der Waals surface area contributed by atoms with Crippen LogP contribution in [0.1, 0.15) is 22.6 Å². The second-order valence-electron chi connectivity index (χ2n) is 10.4. The SMILES string of the molecule is C1=CC=Cc2c(n(C3=Cc4c(oc5ccc(-n6c7ccccc7c7ncccc76)cc45)CC=C3)c3cccnc23)C=1. The molecule has 5 heterocycles. The normalized spacial score (nSPS) is 14.1. The number of allylic oxidation sites excluding steroid dienone is 5. The van der Waals surface area contributed by atoms with E-state index in [1.807, 2.05) is 42.8 Å². The second kappa shape index (κ2) is 8.43. The van der Waals surface area contributed by atoms with Gasteiger partial charge in [-0.05, 0) is 72.8 Å². The van der Waals surface area contributed by atoms with Gasteiger partial charge < -0.3 is 13.6 Å². The van der Waals surface area contributed by atoms with Gasteiger partial charge in [0.25, 0.3) is 0 Å². The van der Waals surface area contributed by atoms with Crippen molar-refractivity contribution in [2.75, 3.05) is 0 Å². The van der Waals surface area contributed by atoms with E-state index in [0.717, 1.165) is 77.9 Å². The van der Waals surface area contributed by atoms with E-state index in [-0.39, 0.29) is 0 Å². The van der Waals surface area contributed by atoms with Crippen LogP contribution in [0.3, 0.4) is 0 Å². The molecule has 7 aromatic rings. The summed E-state index contributed by atoms with van der Waals surface area (Å²) in [5, 5.41) is 2.23. The lowest BCUT2D eigenvalue weighted by molar-refractivity contribution is 0.564. The summed E-state index contributed by atoms with van der Waals surface area (Å²) >= 11 is 0. The molecule has 0 aliphatic heterocycles. The summed E-state index contributed by atoms with van der Waals surface area (Å²) in [6, 6.07) is 23.2. The number of benzene rings is 2. The van der Waals surface area contributed by atoms with Gasteiger partial charge in [-0.15, -0.1) is 5.73 Å². The standard InChI is InChI=1S/C36H22N4O/c1-2-10-25-29(12-3-1)39(31-14-7-19-37-35(25)31)23-9-6-16-33-27(21-23)28-22-24(17-18-34(28)41-33)40-30-13-5-4-11-26(30)36-32(40)15-8-20-38-36/h1-2,4-15,17-22H,16H2. The Kier molecular flexibility index (Phi) is 4.56. The summed E-state index contributed by atoms with van der Waals surface area (Å²) in [6.45, 7) is 0. The van der Waals surface area contributed by atoms with Crippen molar-refractivity contribution in [3.63, 3.8) is 0 Å². The summed E-state index contributed by atoms with van der Waals surface area (Å²) in [7, 11) is 0. The van der Waals surface area contributed by atoms with Crippen molar-refractivity contribution >= 4 is 67.9 Å². The van der Waals surface area contributed by atoms with Crippen LogP contribution in [-0.4, -0.2) is 19.1 Å². The molecule has 0 bridgehead atoms. The van der Waals surface area contributed by atoms with Crippen LogP contribution in [-0.2, 0) is 6.42 Å². The number of furan rings is 1. The third-order valence-corrected chi connectivity index (χ3v) is 8.09. The highest BCUT2D eigenvalue weighted by atomic mass is 16.3. The van der Waals surface area contributed by atoms with Gasteiger partial charge in [0, 0.05) is 58.2 Å². The zero-order chi connectivity index (χ0) is 26.9. The van der Waals surface area contributed by atoms with E-state index < -0.39 is 0 Å². The van der Waals surface area contributed by atoms with Crippen LogP contribution in [0.25, 0.3) is 73.6 Å². The molecule has 0 radical (unpaired) electrons. The minimum atomic E-state index is 0.716. The molecule has 0 saturated carbocycles. The number of rotatable bonds is 2.